The number of carbonyl (C=O) groups is 1. The first-order valence-corrected chi connectivity index (χ1v) is 5.66. The van der Waals surface area contributed by atoms with E-state index in [9.17, 15) is 4.79 Å². The number of benzene rings is 1. The molecule has 1 aliphatic rings. The summed E-state index contributed by atoms with van der Waals surface area (Å²) in [6.45, 7) is -0.144. The smallest absolute Gasteiger partial charge is 0.224 e. The van der Waals surface area contributed by atoms with Crippen molar-refractivity contribution in [2.24, 2.45) is 11.5 Å². The van der Waals surface area contributed by atoms with Crippen LogP contribution in [0.5, 0.6) is 0 Å². The molecule has 0 saturated heterocycles. The van der Waals surface area contributed by atoms with Crippen molar-refractivity contribution in [1.29, 1.82) is 0 Å². The van der Waals surface area contributed by atoms with Crippen LogP contribution in [0.25, 0.3) is 0 Å². The summed E-state index contributed by atoms with van der Waals surface area (Å²) >= 11 is 0. The van der Waals surface area contributed by atoms with Crippen molar-refractivity contribution in [3.05, 3.63) is 29.3 Å². The topological polar surface area (TPSA) is 101 Å². The molecule has 2 rings (SSSR count). The van der Waals surface area contributed by atoms with Crippen molar-refractivity contribution in [1.82, 2.24) is 0 Å². The summed E-state index contributed by atoms with van der Waals surface area (Å²) in [5.74, 6) is 0.0432. The molecule has 1 aliphatic heterocycles. The van der Waals surface area contributed by atoms with E-state index in [0.717, 1.165) is 23.2 Å². The fourth-order valence-electron chi connectivity index (χ4n) is 1.97. The second-order valence-corrected chi connectivity index (χ2v) is 4.34. The maximum absolute atomic E-state index is 11.2. The third-order valence-electron chi connectivity index (χ3n) is 3.08. The van der Waals surface area contributed by atoms with Crippen molar-refractivity contribution in [3.63, 3.8) is 0 Å². The Labute approximate surface area is 99.8 Å². The van der Waals surface area contributed by atoms with Crippen molar-refractivity contribution in [2.45, 2.75) is 24.9 Å². The second kappa shape index (κ2) is 4.83. The largest absolute Gasteiger partial charge is 0.395 e. The van der Waals surface area contributed by atoms with Gasteiger partial charge < -0.3 is 21.9 Å². The predicted octanol–water partition coefficient (Wildman–Crippen LogP) is -0.109. The van der Waals surface area contributed by atoms with Crippen LogP contribution in [0.4, 0.5) is 5.69 Å². The predicted molar refractivity (Wildman–Crippen MR) is 65.4 cm³/mol. The molecular weight excluding hydrogens is 218 g/mol. The first-order chi connectivity index (χ1) is 8.11. The van der Waals surface area contributed by atoms with Crippen LogP contribution in [0.2, 0.25) is 0 Å². The fraction of sp³-hybridized carbons (Fsp3) is 0.417. The summed E-state index contributed by atoms with van der Waals surface area (Å²) in [5, 5.41) is 11.8. The van der Waals surface area contributed by atoms with Crippen LogP contribution < -0.4 is 16.8 Å². The minimum Gasteiger partial charge on any atom is -0.395 e. The van der Waals surface area contributed by atoms with E-state index in [1.165, 1.54) is 0 Å². The van der Waals surface area contributed by atoms with Gasteiger partial charge in [-0.1, -0.05) is 12.1 Å². The molecular formula is C12H17N3O2. The maximum Gasteiger partial charge on any atom is 0.224 e. The number of carbonyl (C=O) groups excluding carboxylic acids is 1. The van der Waals surface area contributed by atoms with Gasteiger partial charge in [-0.05, 0) is 23.6 Å². The van der Waals surface area contributed by atoms with E-state index in [-0.39, 0.29) is 18.6 Å². The van der Waals surface area contributed by atoms with Gasteiger partial charge in [-0.25, -0.2) is 0 Å². The second-order valence-electron chi connectivity index (χ2n) is 4.34. The summed E-state index contributed by atoms with van der Waals surface area (Å²) < 4.78 is 0. The van der Waals surface area contributed by atoms with E-state index in [0.29, 0.717) is 6.42 Å². The number of aryl methyl sites for hydroxylation is 1. The van der Waals surface area contributed by atoms with Crippen molar-refractivity contribution < 1.29 is 9.90 Å². The quantitative estimate of drug-likeness (QED) is 0.587. The molecule has 5 heteroatoms. The Morgan fingerprint density at radius 1 is 1.35 bits per heavy atom. The van der Waals surface area contributed by atoms with Crippen molar-refractivity contribution >= 4 is 11.6 Å². The number of nitrogens with one attached hydrogen (secondary N) is 1. The Balaban J connectivity index is 2.24. The number of fused-ring (bicyclic) bond motifs is 1. The van der Waals surface area contributed by atoms with Gasteiger partial charge in [-0.15, -0.1) is 0 Å². The minimum absolute atomic E-state index is 0.0432. The molecule has 0 aromatic heterocycles. The molecule has 0 aliphatic carbocycles. The van der Waals surface area contributed by atoms with Crippen LogP contribution in [0.1, 0.15) is 23.6 Å². The maximum atomic E-state index is 11.2. The van der Waals surface area contributed by atoms with Crippen LogP contribution in [0.3, 0.4) is 0 Å². The average Bonchev–Trinajstić information content (AvgIpc) is 2.36. The molecule has 2 unspecified atom stereocenters. The lowest BCUT2D eigenvalue weighted by Crippen LogP contribution is -2.37. The molecule has 1 aromatic carbocycles. The SMILES string of the molecule is NC(CO)C(N)c1ccc2c(c1)CCC(=O)N2. The standard InChI is InChI=1S/C12H17N3O2/c13-9(6-16)12(14)8-1-3-10-7(5-8)2-4-11(17)15-10/h1,3,5,9,12,16H,2,4,6,13-14H2,(H,15,17). The van der Waals surface area contributed by atoms with Gasteiger partial charge in [0.25, 0.3) is 0 Å². The highest BCUT2D eigenvalue weighted by Crippen LogP contribution is 2.26. The van der Waals surface area contributed by atoms with E-state index in [1.807, 2.05) is 18.2 Å². The Morgan fingerprint density at radius 3 is 2.82 bits per heavy atom. The third-order valence-corrected chi connectivity index (χ3v) is 3.08. The number of hydrogen-bond donors (Lipinski definition) is 4. The molecule has 0 saturated carbocycles. The molecule has 17 heavy (non-hydrogen) atoms. The molecule has 1 heterocycles. The number of rotatable bonds is 3. The molecule has 6 N–H and O–H groups in total. The van der Waals surface area contributed by atoms with E-state index in [4.69, 9.17) is 16.6 Å². The summed E-state index contributed by atoms with van der Waals surface area (Å²) in [5.41, 5.74) is 14.4. The molecule has 0 radical (unpaired) electrons. The molecule has 0 spiro atoms. The van der Waals surface area contributed by atoms with Gasteiger partial charge in [0.05, 0.1) is 6.61 Å². The van der Waals surface area contributed by atoms with Crippen molar-refractivity contribution in [3.8, 4) is 0 Å². The van der Waals surface area contributed by atoms with E-state index in [2.05, 4.69) is 5.32 Å². The Bertz CT molecular complexity index is 434. The zero-order valence-electron chi connectivity index (χ0n) is 9.52. The van der Waals surface area contributed by atoms with Crippen LogP contribution in [-0.2, 0) is 11.2 Å². The van der Waals surface area contributed by atoms with Gasteiger partial charge in [0.1, 0.15) is 0 Å². The normalized spacial score (nSPS) is 18.2. The lowest BCUT2D eigenvalue weighted by Gasteiger charge is -2.22. The lowest BCUT2D eigenvalue weighted by atomic mass is 9.95. The molecule has 0 bridgehead atoms. The third kappa shape index (κ3) is 2.46. The molecule has 92 valence electrons. The van der Waals surface area contributed by atoms with Gasteiger partial charge in [0.2, 0.25) is 5.91 Å². The van der Waals surface area contributed by atoms with Gasteiger partial charge in [-0.3, -0.25) is 4.79 Å². The van der Waals surface area contributed by atoms with E-state index >= 15 is 0 Å². The number of amides is 1. The molecule has 1 aromatic rings. The van der Waals surface area contributed by atoms with Crippen LogP contribution in [0.15, 0.2) is 18.2 Å². The highest BCUT2D eigenvalue weighted by Gasteiger charge is 2.19. The van der Waals surface area contributed by atoms with Gasteiger partial charge in [0, 0.05) is 24.2 Å². The van der Waals surface area contributed by atoms with Crippen LogP contribution in [-0.4, -0.2) is 23.7 Å². The van der Waals surface area contributed by atoms with Crippen molar-refractivity contribution in [2.75, 3.05) is 11.9 Å². The Kier molecular flexibility index (Phi) is 3.42. The van der Waals surface area contributed by atoms with Crippen LogP contribution in [0, 0.1) is 0 Å². The monoisotopic (exact) mass is 235 g/mol. The Morgan fingerprint density at radius 2 is 2.12 bits per heavy atom. The van der Waals surface area contributed by atoms with Crippen LogP contribution >= 0.6 is 0 Å². The zero-order chi connectivity index (χ0) is 12.4. The highest BCUT2D eigenvalue weighted by atomic mass is 16.3. The number of aliphatic hydroxyl groups is 1. The van der Waals surface area contributed by atoms with Gasteiger partial charge >= 0.3 is 0 Å². The summed E-state index contributed by atoms with van der Waals surface area (Å²) in [7, 11) is 0. The molecule has 5 nitrogen and oxygen atoms in total. The molecule has 1 amide bonds. The summed E-state index contributed by atoms with van der Waals surface area (Å²) in [6, 6.07) is 4.78. The van der Waals surface area contributed by atoms with E-state index < -0.39 is 6.04 Å². The minimum atomic E-state index is -0.466. The average molecular weight is 235 g/mol. The number of nitrogens with two attached hydrogens (primary N) is 2. The first-order valence-electron chi connectivity index (χ1n) is 5.66. The first kappa shape index (κ1) is 12.0. The summed E-state index contributed by atoms with van der Waals surface area (Å²) in [4.78, 5) is 11.2. The Hall–Kier alpha value is -1.43. The van der Waals surface area contributed by atoms with E-state index in [1.54, 1.807) is 0 Å². The van der Waals surface area contributed by atoms with Gasteiger partial charge in [0.15, 0.2) is 0 Å². The lowest BCUT2D eigenvalue weighted by molar-refractivity contribution is -0.116. The molecule has 0 fully saturated rings. The number of hydrogen-bond acceptors (Lipinski definition) is 4. The highest BCUT2D eigenvalue weighted by molar-refractivity contribution is 5.93. The van der Waals surface area contributed by atoms with Gasteiger partial charge in [-0.2, -0.15) is 0 Å². The number of aliphatic hydroxyl groups excluding tert-OH is 1. The zero-order valence-corrected chi connectivity index (χ0v) is 9.52. The summed E-state index contributed by atoms with van der Waals surface area (Å²) in [6.07, 6.45) is 1.22. The fourth-order valence-corrected chi connectivity index (χ4v) is 1.97. The molecule has 2 atom stereocenters. The number of anilines is 1.